The molecular formula is C12H9Cl2NS. The molecule has 2 aromatic rings. The fourth-order valence-electron chi connectivity index (χ4n) is 1.23. The van der Waals surface area contributed by atoms with Crippen LogP contribution in [-0.2, 0) is 5.75 Å². The monoisotopic (exact) mass is 269 g/mol. The molecule has 82 valence electrons. The van der Waals surface area contributed by atoms with E-state index >= 15 is 0 Å². The van der Waals surface area contributed by atoms with Crippen LogP contribution in [0.1, 0.15) is 5.56 Å². The molecule has 4 heteroatoms. The molecule has 1 nitrogen and oxygen atoms in total. The average molecular weight is 270 g/mol. The number of benzene rings is 1. The van der Waals surface area contributed by atoms with Crippen molar-refractivity contribution in [2.45, 2.75) is 10.6 Å². The van der Waals surface area contributed by atoms with Crippen LogP contribution in [0.5, 0.6) is 0 Å². The van der Waals surface area contributed by atoms with Crippen LogP contribution in [0.2, 0.25) is 10.0 Å². The summed E-state index contributed by atoms with van der Waals surface area (Å²) in [6.45, 7) is 0. The van der Waals surface area contributed by atoms with E-state index < -0.39 is 0 Å². The molecule has 1 aromatic heterocycles. The Hall–Kier alpha value is -0.700. The van der Waals surface area contributed by atoms with Gasteiger partial charge in [0.25, 0.3) is 0 Å². The van der Waals surface area contributed by atoms with Gasteiger partial charge in [0.05, 0.1) is 5.02 Å². The second-order valence-electron chi connectivity index (χ2n) is 3.22. The number of thioether (sulfide) groups is 1. The predicted octanol–water partition coefficient (Wildman–Crippen LogP) is 4.68. The van der Waals surface area contributed by atoms with Crippen LogP contribution in [0.3, 0.4) is 0 Å². The molecule has 0 fully saturated rings. The van der Waals surface area contributed by atoms with Crippen molar-refractivity contribution in [2.24, 2.45) is 0 Å². The summed E-state index contributed by atoms with van der Waals surface area (Å²) in [5.41, 5.74) is 1.17. The van der Waals surface area contributed by atoms with Gasteiger partial charge in [-0.25, -0.2) is 0 Å². The van der Waals surface area contributed by atoms with Crippen molar-refractivity contribution >= 4 is 35.0 Å². The number of hydrogen-bond acceptors (Lipinski definition) is 2. The van der Waals surface area contributed by atoms with Crippen LogP contribution in [0.15, 0.2) is 47.6 Å². The average Bonchev–Trinajstić information content (AvgIpc) is 2.32. The van der Waals surface area contributed by atoms with Gasteiger partial charge in [0.2, 0.25) is 0 Å². The van der Waals surface area contributed by atoms with Crippen molar-refractivity contribution < 1.29 is 0 Å². The van der Waals surface area contributed by atoms with E-state index in [9.17, 15) is 0 Å². The zero-order chi connectivity index (χ0) is 11.4. The minimum absolute atomic E-state index is 0.707. The summed E-state index contributed by atoms with van der Waals surface area (Å²) in [5.74, 6) is 0.841. The highest BCUT2D eigenvalue weighted by Gasteiger charge is 2.02. The lowest BCUT2D eigenvalue weighted by Gasteiger charge is -2.04. The van der Waals surface area contributed by atoms with E-state index in [0.717, 1.165) is 15.7 Å². The standard InChI is InChI=1S/C12H9Cl2NS/c13-10-3-4-11(14)12(6-10)16-8-9-2-1-5-15-7-9/h1-7H,8H2. The molecule has 0 aliphatic rings. The number of hydrogen-bond donors (Lipinski definition) is 0. The number of aromatic nitrogens is 1. The number of pyridine rings is 1. The maximum atomic E-state index is 6.07. The van der Waals surface area contributed by atoms with Gasteiger partial charge in [-0.05, 0) is 29.8 Å². The topological polar surface area (TPSA) is 12.9 Å². The van der Waals surface area contributed by atoms with Crippen LogP contribution in [0.25, 0.3) is 0 Å². The summed E-state index contributed by atoms with van der Waals surface area (Å²) in [5, 5.41) is 1.44. The van der Waals surface area contributed by atoms with Gasteiger partial charge in [0, 0.05) is 28.1 Å². The molecule has 0 N–H and O–H groups in total. The van der Waals surface area contributed by atoms with E-state index in [1.807, 2.05) is 30.5 Å². The molecule has 0 saturated carbocycles. The van der Waals surface area contributed by atoms with Gasteiger partial charge in [-0.1, -0.05) is 29.3 Å². The van der Waals surface area contributed by atoms with Crippen LogP contribution >= 0.6 is 35.0 Å². The quantitative estimate of drug-likeness (QED) is 0.751. The minimum Gasteiger partial charge on any atom is -0.264 e. The van der Waals surface area contributed by atoms with Crippen molar-refractivity contribution in [1.29, 1.82) is 0 Å². The van der Waals surface area contributed by atoms with Gasteiger partial charge in [0.1, 0.15) is 0 Å². The SMILES string of the molecule is Clc1ccc(Cl)c(SCc2cccnc2)c1. The Kier molecular flexibility index (Phi) is 4.10. The van der Waals surface area contributed by atoms with Crippen molar-refractivity contribution in [3.8, 4) is 0 Å². The number of nitrogens with zero attached hydrogens (tertiary/aromatic N) is 1. The van der Waals surface area contributed by atoms with E-state index in [1.54, 1.807) is 24.0 Å². The summed E-state index contributed by atoms with van der Waals surface area (Å²) >= 11 is 13.6. The Labute approximate surface area is 109 Å². The third-order valence-corrected chi connectivity index (χ3v) is 3.81. The van der Waals surface area contributed by atoms with Gasteiger partial charge in [0.15, 0.2) is 0 Å². The lowest BCUT2D eigenvalue weighted by atomic mass is 10.3. The lowest BCUT2D eigenvalue weighted by molar-refractivity contribution is 1.25. The third-order valence-electron chi connectivity index (χ3n) is 2.01. The molecule has 0 aliphatic carbocycles. The highest BCUT2D eigenvalue weighted by atomic mass is 35.5. The van der Waals surface area contributed by atoms with Crippen LogP contribution < -0.4 is 0 Å². The summed E-state index contributed by atoms with van der Waals surface area (Å²) < 4.78 is 0. The first-order valence-electron chi connectivity index (χ1n) is 4.72. The molecule has 0 aliphatic heterocycles. The van der Waals surface area contributed by atoms with Gasteiger partial charge in [-0.3, -0.25) is 4.98 Å². The Morgan fingerprint density at radius 2 is 2.06 bits per heavy atom. The largest absolute Gasteiger partial charge is 0.264 e. The first-order chi connectivity index (χ1) is 7.75. The van der Waals surface area contributed by atoms with Gasteiger partial charge >= 0.3 is 0 Å². The van der Waals surface area contributed by atoms with Crippen LogP contribution in [0.4, 0.5) is 0 Å². The first-order valence-corrected chi connectivity index (χ1v) is 6.46. The molecule has 0 saturated heterocycles. The van der Waals surface area contributed by atoms with Crippen molar-refractivity contribution in [1.82, 2.24) is 4.98 Å². The van der Waals surface area contributed by atoms with E-state index in [-0.39, 0.29) is 0 Å². The Morgan fingerprint density at radius 3 is 2.81 bits per heavy atom. The van der Waals surface area contributed by atoms with Gasteiger partial charge in [-0.15, -0.1) is 11.8 Å². The first kappa shape index (κ1) is 11.8. The second-order valence-corrected chi connectivity index (χ2v) is 5.09. The lowest BCUT2D eigenvalue weighted by Crippen LogP contribution is -1.82. The van der Waals surface area contributed by atoms with Crippen LogP contribution in [0, 0.1) is 0 Å². The molecular weight excluding hydrogens is 261 g/mol. The Bertz CT molecular complexity index is 474. The highest BCUT2D eigenvalue weighted by molar-refractivity contribution is 7.98. The fraction of sp³-hybridized carbons (Fsp3) is 0.0833. The fourth-order valence-corrected chi connectivity index (χ4v) is 2.66. The summed E-state index contributed by atoms with van der Waals surface area (Å²) in [6, 6.07) is 9.45. The molecule has 16 heavy (non-hydrogen) atoms. The zero-order valence-electron chi connectivity index (χ0n) is 8.36. The Balaban J connectivity index is 2.08. The molecule has 1 aromatic carbocycles. The number of halogens is 2. The molecule has 0 atom stereocenters. The summed E-state index contributed by atoms with van der Waals surface area (Å²) in [7, 11) is 0. The molecule has 0 spiro atoms. The third kappa shape index (κ3) is 3.14. The zero-order valence-corrected chi connectivity index (χ0v) is 10.7. The highest BCUT2D eigenvalue weighted by Crippen LogP contribution is 2.31. The maximum absolute atomic E-state index is 6.07. The molecule has 1 heterocycles. The predicted molar refractivity (Wildman–Crippen MR) is 70.3 cm³/mol. The summed E-state index contributed by atoms with van der Waals surface area (Å²) in [6.07, 6.45) is 3.62. The van der Waals surface area contributed by atoms with E-state index in [4.69, 9.17) is 23.2 Å². The van der Waals surface area contributed by atoms with Crippen molar-refractivity contribution in [2.75, 3.05) is 0 Å². The van der Waals surface area contributed by atoms with Gasteiger partial charge in [-0.2, -0.15) is 0 Å². The molecule has 0 unspecified atom stereocenters. The van der Waals surface area contributed by atoms with E-state index in [2.05, 4.69) is 4.98 Å². The minimum atomic E-state index is 0.707. The second kappa shape index (κ2) is 5.58. The van der Waals surface area contributed by atoms with E-state index in [1.165, 1.54) is 5.56 Å². The van der Waals surface area contributed by atoms with Gasteiger partial charge < -0.3 is 0 Å². The molecule has 2 rings (SSSR count). The van der Waals surface area contributed by atoms with Crippen molar-refractivity contribution in [3.05, 3.63) is 58.3 Å². The number of rotatable bonds is 3. The molecule has 0 radical (unpaired) electrons. The molecule has 0 amide bonds. The van der Waals surface area contributed by atoms with Crippen molar-refractivity contribution in [3.63, 3.8) is 0 Å². The van der Waals surface area contributed by atoms with E-state index in [0.29, 0.717) is 5.02 Å². The Morgan fingerprint density at radius 1 is 1.19 bits per heavy atom. The maximum Gasteiger partial charge on any atom is 0.0543 e. The molecule has 0 bridgehead atoms. The smallest absolute Gasteiger partial charge is 0.0543 e. The van der Waals surface area contributed by atoms with Crippen LogP contribution in [-0.4, -0.2) is 4.98 Å². The summed E-state index contributed by atoms with van der Waals surface area (Å²) in [4.78, 5) is 5.06. The normalized spacial score (nSPS) is 10.4.